The first-order valence-corrected chi connectivity index (χ1v) is 6.93. The van der Waals surface area contributed by atoms with Gasteiger partial charge in [0, 0.05) is 16.3 Å². The Labute approximate surface area is 127 Å². The fourth-order valence-corrected chi connectivity index (χ4v) is 2.69. The minimum absolute atomic E-state index is 0.0964. The molecule has 0 saturated carbocycles. The minimum atomic E-state index is -0.287. The Morgan fingerprint density at radius 1 is 1.43 bits per heavy atom. The van der Waals surface area contributed by atoms with Crippen LogP contribution in [0.3, 0.4) is 0 Å². The van der Waals surface area contributed by atoms with Crippen molar-refractivity contribution in [2.45, 2.75) is 19.3 Å². The van der Waals surface area contributed by atoms with E-state index in [4.69, 9.17) is 22.1 Å². The maximum absolute atomic E-state index is 9.45. The van der Waals surface area contributed by atoms with Gasteiger partial charge in [0.2, 0.25) is 11.8 Å². The molecule has 1 aliphatic heterocycles. The van der Waals surface area contributed by atoms with E-state index >= 15 is 0 Å². The molecule has 0 spiro atoms. The summed E-state index contributed by atoms with van der Waals surface area (Å²) in [6.07, 6.45) is 0.758. The number of H-pyrrole nitrogens is 1. The summed E-state index contributed by atoms with van der Waals surface area (Å²) in [4.78, 5) is 0. The summed E-state index contributed by atoms with van der Waals surface area (Å²) >= 11 is 5.94. The standard InChI is InChI=1S/C15H13ClN4O/c1-2-11-13-12(8-3-5-9(16)6-4-8)10(7-17)14(18)21-15(13)20-19-11/h3-6,12H,2,18H2,1H3,(H,19,20). The van der Waals surface area contributed by atoms with Crippen LogP contribution < -0.4 is 10.5 Å². The van der Waals surface area contributed by atoms with E-state index in [2.05, 4.69) is 16.3 Å². The third kappa shape index (κ3) is 2.14. The molecule has 0 aliphatic carbocycles. The molecular weight excluding hydrogens is 288 g/mol. The lowest BCUT2D eigenvalue weighted by atomic mass is 9.84. The lowest BCUT2D eigenvalue weighted by molar-refractivity contribution is 0.378. The highest BCUT2D eigenvalue weighted by Crippen LogP contribution is 2.42. The summed E-state index contributed by atoms with van der Waals surface area (Å²) in [5, 5.41) is 17.2. The van der Waals surface area contributed by atoms with Crippen LogP contribution in [0.5, 0.6) is 5.88 Å². The van der Waals surface area contributed by atoms with Crippen LogP contribution in [-0.4, -0.2) is 10.2 Å². The zero-order chi connectivity index (χ0) is 15.0. The Morgan fingerprint density at radius 2 is 2.14 bits per heavy atom. The molecule has 0 amide bonds. The zero-order valence-corrected chi connectivity index (χ0v) is 12.1. The number of nitrogens with zero attached hydrogens (tertiary/aromatic N) is 2. The van der Waals surface area contributed by atoms with Crippen LogP contribution in [0.1, 0.15) is 29.7 Å². The van der Waals surface area contributed by atoms with Gasteiger partial charge in [-0.3, -0.25) is 5.10 Å². The van der Waals surface area contributed by atoms with E-state index in [9.17, 15) is 5.26 Å². The van der Waals surface area contributed by atoms with Crippen LogP contribution in [0.2, 0.25) is 5.02 Å². The second-order valence-corrected chi connectivity index (χ2v) is 5.19. The van der Waals surface area contributed by atoms with Gasteiger partial charge in [0.05, 0.1) is 5.92 Å². The van der Waals surface area contributed by atoms with Crippen LogP contribution in [0.4, 0.5) is 0 Å². The van der Waals surface area contributed by atoms with Gasteiger partial charge in [-0.2, -0.15) is 5.26 Å². The predicted molar refractivity (Wildman–Crippen MR) is 78.7 cm³/mol. The number of ether oxygens (including phenoxy) is 1. The Bertz CT molecular complexity index is 755. The van der Waals surface area contributed by atoms with Crippen molar-refractivity contribution in [3.05, 3.63) is 57.6 Å². The molecule has 1 aliphatic rings. The molecule has 6 heteroatoms. The first kappa shape index (κ1) is 13.5. The van der Waals surface area contributed by atoms with Gasteiger partial charge in [-0.15, -0.1) is 5.10 Å². The number of aromatic nitrogens is 2. The van der Waals surface area contributed by atoms with Crippen LogP contribution in [-0.2, 0) is 6.42 Å². The molecule has 0 fully saturated rings. The van der Waals surface area contributed by atoms with Crippen molar-refractivity contribution < 1.29 is 4.74 Å². The molecule has 1 atom stereocenters. The Balaban J connectivity index is 2.22. The highest BCUT2D eigenvalue weighted by Gasteiger charge is 2.34. The molecule has 21 heavy (non-hydrogen) atoms. The minimum Gasteiger partial charge on any atom is -0.420 e. The van der Waals surface area contributed by atoms with E-state index in [0.717, 1.165) is 23.2 Å². The molecule has 1 aromatic carbocycles. The van der Waals surface area contributed by atoms with Crippen molar-refractivity contribution in [2.24, 2.45) is 5.73 Å². The Kier molecular flexibility index (Phi) is 3.32. The molecule has 2 heterocycles. The summed E-state index contributed by atoms with van der Waals surface area (Å²) in [6, 6.07) is 9.52. The number of nitriles is 1. The van der Waals surface area contributed by atoms with E-state index in [1.54, 1.807) is 12.1 Å². The molecule has 2 aromatic rings. The number of aromatic amines is 1. The third-order valence-electron chi connectivity index (χ3n) is 3.57. The third-order valence-corrected chi connectivity index (χ3v) is 3.83. The number of allylic oxidation sites excluding steroid dienone is 1. The van der Waals surface area contributed by atoms with E-state index in [0.29, 0.717) is 16.5 Å². The Morgan fingerprint density at radius 3 is 2.76 bits per heavy atom. The van der Waals surface area contributed by atoms with Gasteiger partial charge in [-0.25, -0.2) is 0 Å². The first-order chi connectivity index (χ1) is 10.2. The number of hydrogen-bond donors (Lipinski definition) is 2. The molecule has 3 N–H and O–H groups in total. The average Bonchev–Trinajstić information content (AvgIpc) is 2.89. The van der Waals surface area contributed by atoms with Crippen LogP contribution >= 0.6 is 11.6 Å². The summed E-state index contributed by atoms with van der Waals surface area (Å²) < 4.78 is 5.46. The lowest BCUT2D eigenvalue weighted by Crippen LogP contribution is -2.21. The van der Waals surface area contributed by atoms with Crippen molar-refractivity contribution in [1.82, 2.24) is 10.2 Å². The largest absolute Gasteiger partial charge is 0.420 e. The quantitative estimate of drug-likeness (QED) is 0.892. The molecule has 0 saturated heterocycles. The maximum atomic E-state index is 9.45. The van der Waals surface area contributed by atoms with E-state index in [-0.39, 0.29) is 11.8 Å². The monoisotopic (exact) mass is 300 g/mol. The fourth-order valence-electron chi connectivity index (χ4n) is 2.57. The van der Waals surface area contributed by atoms with Gasteiger partial charge >= 0.3 is 0 Å². The summed E-state index contributed by atoms with van der Waals surface area (Å²) in [7, 11) is 0. The van der Waals surface area contributed by atoms with Gasteiger partial charge in [-0.1, -0.05) is 30.7 Å². The number of halogens is 1. The predicted octanol–water partition coefficient (Wildman–Crippen LogP) is 2.84. The van der Waals surface area contributed by atoms with E-state index < -0.39 is 0 Å². The zero-order valence-electron chi connectivity index (χ0n) is 11.4. The highest BCUT2D eigenvalue weighted by molar-refractivity contribution is 6.30. The number of aryl methyl sites for hydroxylation is 1. The number of nitrogens with one attached hydrogen (secondary N) is 1. The molecule has 106 valence electrons. The van der Waals surface area contributed by atoms with Crippen LogP contribution in [0.15, 0.2) is 35.7 Å². The second kappa shape index (κ2) is 5.15. The Hall–Kier alpha value is -2.45. The van der Waals surface area contributed by atoms with Crippen molar-refractivity contribution in [1.29, 1.82) is 5.26 Å². The summed E-state index contributed by atoms with van der Waals surface area (Å²) in [5.41, 5.74) is 8.99. The SMILES string of the molecule is CCc1[nH]nc2c1C(c1ccc(Cl)cc1)C(C#N)=C(N)O2. The van der Waals surface area contributed by atoms with Crippen molar-refractivity contribution >= 4 is 11.6 Å². The molecular formula is C15H13ClN4O. The van der Waals surface area contributed by atoms with Gasteiger partial charge in [0.15, 0.2) is 0 Å². The van der Waals surface area contributed by atoms with Gasteiger partial charge in [-0.05, 0) is 24.1 Å². The van der Waals surface area contributed by atoms with Crippen LogP contribution in [0, 0.1) is 11.3 Å². The second-order valence-electron chi connectivity index (χ2n) is 4.75. The van der Waals surface area contributed by atoms with Crippen molar-refractivity contribution in [3.63, 3.8) is 0 Å². The fraction of sp³-hybridized carbons (Fsp3) is 0.200. The molecule has 1 aromatic heterocycles. The highest BCUT2D eigenvalue weighted by atomic mass is 35.5. The smallest absolute Gasteiger partial charge is 0.244 e. The first-order valence-electron chi connectivity index (χ1n) is 6.55. The molecule has 0 radical (unpaired) electrons. The van der Waals surface area contributed by atoms with E-state index in [1.165, 1.54) is 0 Å². The average molecular weight is 301 g/mol. The normalized spacial score (nSPS) is 17.1. The topological polar surface area (TPSA) is 87.7 Å². The van der Waals surface area contributed by atoms with Gasteiger partial charge < -0.3 is 10.5 Å². The lowest BCUT2D eigenvalue weighted by Gasteiger charge is -2.23. The number of nitrogens with two attached hydrogens (primary N) is 1. The van der Waals surface area contributed by atoms with Gasteiger partial charge in [0.25, 0.3) is 0 Å². The number of rotatable bonds is 2. The van der Waals surface area contributed by atoms with E-state index in [1.807, 2.05) is 19.1 Å². The number of benzene rings is 1. The maximum Gasteiger partial charge on any atom is 0.244 e. The molecule has 0 bridgehead atoms. The summed E-state index contributed by atoms with van der Waals surface area (Å²) in [5.74, 6) is 0.243. The van der Waals surface area contributed by atoms with Gasteiger partial charge in [0.1, 0.15) is 11.6 Å². The van der Waals surface area contributed by atoms with Crippen LogP contribution in [0.25, 0.3) is 0 Å². The van der Waals surface area contributed by atoms with Crippen molar-refractivity contribution in [2.75, 3.05) is 0 Å². The molecule has 3 rings (SSSR count). The summed E-state index contributed by atoms with van der Waals surface area (Å²) in [6.45, 7) is 2.01. The van der Waals surface area contributed by atoms with Crippen molar-refractivity contribution in [3.8, 4) is 11.9 Å². The molecule has 1 unspecified atom stereocenters. The number of fused-ring (bicyclic) bond motifs is 1. The number of hydrogen-bond acceptors (Lipinski definition) is 4. The molecule has 5 nitrogen and oxygen atoms in total.